The molecule has 1 heterocycles. The van der Waals surface area contributed by atoms with Crippen molar-refractivity contribution in [2.75, 3.05) is 0 Å². The van der Waals surface area contributed by atoms with Crippen LogP contribution >= 0.6 is 0 Å². The molecule has 0 unspecified atom stereocenters. The second-order valence-corrected chi connectivity index (χ2v) is 4.70. The monoisotopic (exact) mass is 223 g/mol. The van der Waals surface area contributed by atoms with Crippen molar-refractivity contribution < 1.29 is 13.0 Å². The zero-order valence-corrected chi connectivity index (χ0v) is 8.82. The van der Waals surface area contributed by atoms with E-state index in [0.717, 1.165) is 10.9 Å². The van der Waals surface area contributed by atoms with Crippen LogP contribution in [0.25, 0.3) is 10.9 Å². The average molecular weight is 223 g/mol. The van der Waals surface area contributed by atoms with E-state index in [9.17, 15) is 8.42 Å². The van der Waals surface area contributed by atoms with Crippen molar-refractivity contribution in [2.24, 2.45) is 0 Å². The van der Waals surface area contributed by atoms with E-state index in [2.05, 4.69) is 4.98 Å². The molecule has 5 heteroatoms. The van der Waals surface area contributed by atoms with Crippen LogP contribution in [-0.4, -0.2) is 18.0 Å². The van der Waals surface area contributed by atoms with Gasteiger partial charge in [-0.2, -0.15) is 8.42 Å². The van der Waals surface area contributed by atoms with E-state index < -0.39 is 10.1 Å². The molecule has 15 heavy (non-hydrogen) atoms. The maximum absolute atomic E-state index is 10.9. The summed E-state index contributed by atoms with van der Waals surface area (Å²) >= 11 is 0. The first kappa shape index (κ1) is 10.1. The van der Waals surface area contributed by atoms with Crippen LogP contribution in [0.4, 0.5) is 0 Å². The van der Waals surface area contributed by atoms with Gasteiger partial charge in [0.25, 0.3) is 10.1 Å². The van der Waals surface area contributed by atoms with Gasteiger partial charge in [-0.3, -0.25) is 9.54 Å². The Balaban J connectivity index is 2.81. The third kappa shape index (κ3) is 1.84. The molecule has 0 fully saturated rings. The van der Waals surface area contributed by atoms with Crippen LogP contribution in [0.5, 0.6) is 0 Å². The normalized spacial score (nSPS) is 11.9. The molecule has 0 radical (unpaired) electrons. The number of fused-ring (bicyclic) bond motifs is 1. The smallest absolute Gasteiger partial charge is 0.282 e. The number of hydrogen-bond acceptors (Lipinski definition) is 3. The van der Waals surface area contributed by atoms with E-state index in [4.69, 9.17) is 4.55 Å². The van der Waals surface area contributed by atoms with Crippen molar-refractivity contribution in [3.63, 3.8) is 0 Å². The van der Waals surface area contributed by atoms with E-state index in [-0.39, 0.29) is 4.90 Å². The zero-order chi connectivity index (χ0) is 11.1. The fourth-order valence-electron chi connectivity index (χ4n) is 1.42. The molecular weight excluding hydrogens is 214 g/mol. The predicted octanol–water partition coefficient (Wildman–Crippen LogP) is 1.79. The number of aromatic nitrogens is 1. The standard InChI is InChI=1S/C10H9NO3S/c1-7-4-5-11-10-3-2-8(6-9(7)10)15(12,13)14/h2-6H,1H3,(H,12,13,14). The van der Waals surface area contributed by atoms with Crippen LogP contribution in [-0.2, 0) is 10.1 Å². The molecule has 1 aromatic heterocycles. The third-order valence-corrected chi connectivity index (χ3v) is 3.08. The van der Waals surface area contributed by atoms with E-state index in [1.807, 2.05) is 6.92 Å². The van der Waals surface area contributed by atoms with Crippen LogP contribution in [0.2, 0.25) is 0 Å². The minimum atomic E-state index is -4.14. The summed E-state index contributed by atoms with van der Waals surface area (Å²) in [7, 11) is -4.14. The molecule has 1 aromatic carbocycles. The summed E-state index contributed by atoms with van der Waals surface area (Å²) in [4.78, 5) is 3.98. The van der Waals surface area contributed by atoms with Gasteiger partial charge in [0.15, 0.2) is 0 Å². The molecule has 0 bridgehead atoms. The Morgan fingerprint density at radius 3 is 2.67 bits per heavy atom. The number of nitrogens with zero attached hydrogens (tertiary/aromatic N) is 1. The lowest BCUT2D eigenvalue weighted by molar-refractivity contribution is 0.483. The van der Waals surface area contributed by atoms with Gasteiger partial charge in [0.2, 0.25) is 0 Å². The van der Waals surface area contributed by atoms with Gasteiger partial charge >= 0.3 is 0 Å². The lowest BCUT2D eigenvalue weighted by Crippen LogP contribution is -1.98. The Kier molecular flexibility index (Phi) is 2.21. The summed E-state index contributed by atoms with van der Waals surface area (Å²) in [6.45, 7) is 1.86. The molecule has 0 aliphatic carbocycles. The van der Waals surface area contributed by atoms with Crippen molar-refractivity contribution in [3.8, 4) is 0 Å². The number of aryl methyl sites for hydroxylation is 1. The first-order valence-corrected chi connectivity index (χ1v) is 5.75. The van der Waals surface area contributed by atoms with Crippen molar-refractivity contribution in [2.45, 2.75) is 11.8 Å². The molecule has 78 valence electrons. The number of pyridine rings is 1. The van der Waals surface area contributed by atoms with Gasteiger partial charge in [-0.15, -0.1) is 0 Å². The highest BCUT2D eigenvalue weighted by atomic mass is 32.2. The zero-order valence-electron chi connectivity index (χ0n) is 8.01. The summed E-state index contributed by atoms with van der Waals surface area (Å²) in [5, 5.41) is 0.729. The molecule has 0 amide bonds. The summed E-state index contributed by atoms with van der Waals surface area (Å²) in [5.74, 6) is 0. The van der Waals surface area contributed by atoms with Gasteiger partial charge in [0, 0.05) is 11.6 Å². The topological polar surface area (TPSA) is 67.3 Å². The van der Waals surface area contributed by atoms with Crippen LogP contribution in [0.1, 0.15) is 5.56 Å². The van der Waals surface area contributed by atoms with E-state index in [0.29, 0.717) is 5.52 Å². The molecule has 0 aliphatic heterocycles. The first-order valence-electron chi connectivity index (χ1n) is 4.31. The van der Waals surface area contributed by atoms with Crippen molar-refractivity contribution in [3.05, 3.63) is 36.0 Å². The Morgan fingerprint density at radius 1 is 1.27 bits per heavy atom. The number of rotatable bonds is 1. The minimum absolute atomic E-state index is 0.105. The third-order valence-electron chi connectivity index (χ3n) is 2.23. The van der Waals surface area contributed by atoms with Crippen LogP contribution < -0.4 is 0 Å². The van der Waals surface area contributed by atoms with Crippen molar-refractivity contribution in [1.82, 2.24) is 4.98 Å². The number of benzene rings is 1. The van der Waals surface area contributed by atoms with Crippen molar-refractivity contribution >= 4 is 21.0 Å². The molecule has 0 aliphatic rings. The van der Waals surface area contributed by atoms with Gasteiger partial charge < -0.3 is 0 Å². The molecular formula is C10H9NO3S. The predicted molar refractivity (Wildman–Crippen MR) is 56.3 cm³/mol. The lowest BCUT2D eigenvalue weighted by atomic mass is 10.1. The fraction of sp³-hybridized carbons (Fsp3) is 0.100. The van der Waals surface area contributed by atoms with Gasteiger partial charge in [-0.05, 0) is 36.8 Å². The maximum Gasteiger partial charge on any atom is 0.294 e. The Labute approximate surface area is 87.3 Å². The van der Waals surface area contributed by atoms with E-state index >= 15 is 0 Å². The average Bonchev–Trinajstić information content (AvgIpc) is 2.16. The second-order valence-electron chi connectivity index (χ2n) is 3.28. The van der Waals surface area contributed by atoms with Gasteiger partial charge in [0.1, 0.15) is 0 Å². The summed E-state index contributed by atoms with van der Waals surface area (Å²) in [5.41, 5.74) is 1.63. The molecule has 2 rings (SSSR count). The van der Waals surface area contributed by atoms with Crippen LogP contribution in [0.15, 0.2) is 35.4 Å². The first-order chi connectivity index (χ1) is 6.98. The Bertz CT molecular complexity index is 620. The van der Waals surface area contributed by atoms with Crippen molar-refractivity contribution in [1.29, 1.82) is 0 Å². The van der Waals surface area contributed by atoms with Gasteiger partial charge in [0.05, 0.1) is 10.4 Å². The van der Waals surface area contributed by atoms with Crippen LogP contribution in [0, 0.1) is 6.92 Å². The molecule has 0 saturated heterocycles. The summed E-state index contributed by atoms with van der Waals surface area (Å²) in [6.07, 6.45) is 1.66. The maximum atomic E-state index is 10.9. The second kappa shape index (κ2) is 3.29. The molecule has 0 atom stereocenters. The minimum Gasteiger partial charge on any atom is -0.282 e. The molecule has 0 spiro atoms. The largest absolute Gasteiger partial charge is 0.294 e. The van der Waals surface area contributed by atoms with Gasteiger partial charge in [-0.25, -0.2) is 0 Å². The lowest BCUT2D eigenvalue weighted by Gasteiger charge is -2.02. The van der Waals surface area contributed by atoms with E-state index in [1.54, 1.807) is 18.3 Å². The molecule has 0 saturated carbocycles. The van der Waals surface area contributed by atoms with Gasteiger partial charge in [-0.1, -0.05) is 0 Å². The molecule has 4 nitrogen and oxygen atoms in total. The quantitative estimate of drug-likeness (QED) is 0.748. The SMILES string of the molecule is Cc1ccnc2ccc(S(=O)(=O)O)cc12. The molecule has 2 aromatic rings. The molecule has 1 N–H and O–H groups in total. The fourth-order valence-corrected chi connectivity index (χ4v) is 1.93. The highest BCUT2D eigenvalue weighted by Gasteiger charge is 2.10. The number of hydrogen-bond donors (Lipinski definition) is 1. The summed E-state index contributed by atoms with van der Waals surface area (Å²) < 4.78 is 30.7. The highest BCUT2D eigenvalue weighted by molar-refractivity contribution is 7.85. The van der Waals surface area contributed by atoms with Crippen LogP contribution in [0.3, 0.4) is 0 Å². The summed E-state index contributed by atoms with van der Waals surface area (Å²) in [6, 6.07) is 6.12. The Morgan fingerprint density at radius 2 is 2.00 bits per heavy atom. The Hall–Kier alpha value is -1.46. The van der Waals surface area contributed by atoms with E-state index in [1.165, 1.54) is 12.1 Å². The highest BCUT2D eigenvalue weighted by Crippen LogP contribution is 2.20.